The number of benzene rings is 1. The zero-order valence-corrected chi connectivity index (χ0v) is 9.20. The minimum atomic E-state index is -0.0705. The fourth-order valence-corrected chi connectivity index (χ4v) is 1.68. The maximum atomic E-state index is 9.21. The second-order valence-corrected chi connectivity index (χ2v) is 3.72. The van der Waals surface area contributed by atoms with Crippen LogP contribution in [0.5, 0.6) is 0 Å². The average molecular weight is 200 g/mol. The molecule has 0 atom stereocenters. The van der Waals surface area contributed by atoms with Crippen molar-refractivity contribution in [2.24, 2.45) is 5.92 Å². The highest BCUT2D eigenvalue weighted by molar-refractivity contribution is 5.73. The first-order valence-electron chi connectivity index (χ1n) is 5.06. The summed E-state index contributed by atoms with van der Waals surface area (Å²) in [4.78, 5) is 0. The van der Waals surface area contributed by atoms with Gasteiger partial charge in [0.1, 0.15) is 0 Å². The van der Waals surface area contributed by atoms with E-state index in [9.17, 15) is 5.11 Å². The lowest BCUT2D eigenvalue weighted by molar-refractivity contribution is 0.336. The van der Waals surface area contributed by atoms with Gasteiger partial charge in [0, 0.05) is 5.57 Å². The lowest BCUT2D eigenvalue weighted by Crippen LogP contribution is -2.01. The van der Waals surface area contributed by atoms with Gasteiger partial charge in [-0.15, -0.1) is 6.42 Å². The number of rotatable bonds is 3. The van der Waals surface area contributed by atoms with Gasteiger partial charge in [-0.3, -0.25) is 0 Å². The summed E-state index contributed by atoms with van der Waals surface area (Å²) in [5, 5.41) is 9.21. The molecule has 0 spiro atoms. The van der Waals surface area contributed by atoms with Crippen molar-refractivity contribution < 1.29 is 5.11 Å². The van der Waals surface area contributed by atoms with E-state index in [0.29, 0.717) is 11.5 Å². The Morgan fingerprint density at radius 1 is 1.33 bits per heavy atom. The van der Waals surface area contributed by atoms with Crippen LogP contribution >= 0.6 is 0 Å². The molecule has 15 heavy (non-hydrogen) atoms. The van der Waals surface area contributed by atoms with E-state index in [1.807, 2.05) is 30.3 Å². The molecule has 0 aromatic heterocycles. The molecule has 0 saturated heterocycles. The lowest BCUT2D eigenvalue weighted by atomic mass is 9.91. The Labute approximate surface area is 91.5 Å². The van der Waals surface area contributed by atoms with Crippen LogP contribution < -0.4 is 0 Å². The third-order valence-electron chi connectivity index (χ3n) is 2.32. The minimum absolute atomic E-state index is 0.0705. The summed E-state index contributed by atoms with van der Waals surface area (Å²) in [5.74, 6) is 2.87. The van der Waals surface area contributed by atoms with E-state index in [1.54, 1.807) is 0 Å². The molecule has 1 heteroatoms. The first kappa shape index (κ1) is 11.6. The van der Waals surface area contributed by atoms with Crippen LogP contribution in [0, 0.1) is 18.3 Å². The Morgan fingerprint density at radius 2 is 1.93 bits per heavy atom. The van der Waals surface area contributed by atoms with Crippen molar-refractivity contribution in [3.63, 3.8) is 0 Å². The van der Waals surface area contributed by atoms with Crippen LogP contribution in [0.4, 0.5) is 0 Å². The molecule has 0 bridgehead atoms. The van der Waals surface area contributed by atoms with Crippen molar-refractivity contribution in [2.45, 2.75) is 13.8 Å². The van der Waals surface area contributed by atoms with E-state index < -0.39 is 0 Å². The fourth-order valence-electron chi connectivity index (χ4n) is 1.68. The van der Waals surface area contributed by atoms with Crippen LogP contribution in [0.15, 0.2) is 35.9 Å². The number of terminal acetylenes is 1. The highest BCUT2D eigenvalue weighted by Gasteiger charge is 2.10. The zero-order valence-electron chi connectivity index (χ0n) is 9.20. The molecule has 1 aromatic rings. The van der Waals surface area contributed by atoms with E-state index in [4.69, 9.17) is 6.42 Å². The Hall–Kier alpha value is -1.52. The smallest absolute Gasteiger partial charge is 0.0763 e. The first-order valence-corrected chi connectivity index (χ1v) is 5.06. The van der Waals surface area contributed by atoms with Gasteiger partial charge in [-0.1, -0.05) is 50.1 Å². The highest BCUT2D eigenvalue weighted by atomic mass is 16.3. The summed E-state index contributed by atoms with van der Waals surface area (Å²) in [6.45, 7) is 4.09. The largest absolute Gasteiger partial charge is 0.391 e. The number of hydrogen-bond acceptors (Lipinski definition) is 1. The molecular weight excluding hydrogens is 184 g/mol. The monoisotopic (exact) mass is 200 g/mol. The van der Waals surface area contributed by atoms with Gasteiger partial charge in [0.2, 0.25) is 0 Å². The summed E-state index contributed by atoms with van der Waals surface area (Å²) >= 11 is 0. The molecule has 78 valence electrons. The molecule has 1 aromatic carbocycles. The molecule has 0 aliphatic heterocycles. The van der Waals surface area contributed by atoms with Crippen LogP contribution in [0.25, 0.3) is 5.57 Å². The van der Waals surface area contributed by atoms with Gasteiger partial charge in [-0.2, -0.15) is 0 Å². The topological polar surface area (TPSA) is 20.2 Å². The van der Waals surface area contributed by atoms with E-state index in [0.717, 1.165) is 11.1 Å². The van der Waals surface area contributed by atoms with E-state index >= 15 is 0 Å². The molecule has 0 radical (unpaired) electrons. The molecule has 0 heterocycles. The number of allylic oxidation sites excluding steroid dienone is 1. The predicted octanol–water partition coefficient (Wildman–Crippen LogP) is 2.72. The van der Waals surface area contributed by atoms with Gasteiger partial charge < -0.3 is 5.11 Å². The maximum absolute atomic E-state index is 9.21. The molecule has 1 N–H and O–H groups in total. The Balaban J connectivity index is 3.28. The summed E-state index contributed by atoms with van der Waals surface area (Å²) in [5.41, 5.74) is 2.83. The second-order valence-electron chi connectivity index (χ2n) is 3.72. The molecule has 0 fully saturated rings. The summed E-state index contributed by atoms with van der Waals surface area (Å²) in [6, 6.07) is 9.95. The second kappa shape index (κ2) is 5.38. The van der Waals surface area contributed by atoms with E-state index in [1.165, 1.54) is 0 Å². The van der Waals surface area contributed by atoms with Crippen LogP contribution in [-0.2, 0) is 0 Å². The predicted molar refractivity (Wildman–Crippen MR) is 64.1 cm³/mol. The van der Waals surface area contributed by atoms with Crippen molar-refractivity contribution in [3.8, 4) is 12.3 Å². The van der Waals surface area contributed by atoms with Crippen molar-refractivity contribution in [2.75, 3.05) is 6.61 Å². The maximum Gasteiger partial charge on any atom is 0.0763 e. The van der Waals surface area contributed by atoms with Crippen molar-refractivity contribution >= 4 is 5.57 Å². The quantitative estimate of drug-likeness (QED) is 0.744. The van der Waals surface area contributed by atoms with Crippen LogP contribution in [-0.4, -0.2) is 11.7 Å². The zero-order chi connectivity index (χ0) is 11.3. The number of aliphatic hydroxyl groups excluding tert-OH is 1. The van der Waals surface area contributed by atoms with Gasteiger partial charge >= 0.3 is 0 Å². The van der Waals surface area contributed by atoms with Crippen LogP contribution in [0.2, 0.25) is 0 Å². The molecule has 0 amide bonds. The Morgan fingerprint density at radius 3 is 2.33 bits per heavy atom. The summed E-state index contributed by atoms with van der Waals surface area (Å²) < 4.78 is 0. The SMILES string of the molecule is C#CC(CO)=C(c1ccccc1)C(C)C. The molecule has 1 nitrogen and oxygen atoms in total. The van der Waals surface area contributed by atoms with Gasteiger partial charge in [0.25, 0.3) is 0 Å². The molecule has 0 aliphatic rings. The molecule has 0 unspecified atom stereocenters. The van der Waals surface area contributed by atoms with Gasteiger partial charge in [-0.25, -0.2) is 0 Å². The van der Waals surface area contributed by atoms with Gasteiger partial charge in [0.05, 0.1) is 6.61 Å². The number of hydrogen-bond donors (Lipinski definition) is 1. The van der Waals surface area contributed by atoms with Crippen molar-refractivity contribution in [3.05, 3.63) is 41.5 Å². The van der Waals surface area contributed by atoms with Crippen molar-refractivity contribution in [1.29, 1.82) is 0 Å². The standard InChI is InChI=1S/C14H16O/c1-4-12(10-15)14(11(2)3)13-8-6-5-7-9-13/h1,5-9,11,15H,10H2,2-3H3. The Kier molecular flexibility index (Phi) is 4.15. The van der Waals surface area contributed by atoms with Crippen LogP contribution in [0.1, 0.15) is 19.4 Å². The minimum Gasteiger partial charge on any atom is -0.391 e. The summed E-state index contributed by atoms with van der Waals surface area (Å²) in [6.07, 6.45) is 5.39. The highest BCUT2D eigenvalue weighted by Crippen LogP contribution is 2.26. The third-order valence-corrected chi connectivity index (χ3v) is 2.32. The van der Waals surface area contributed by atoms with Crippen LogP contribution in [0.3, 0.4) is 0 Å². The molecule has 0 aliphatic carbocycles. The summed E-state index contributed by atoms with van der Waals surface area (Å²) in [7, 11) is 0. The first-order chi connectivity index (χ1) is 7.20. The van der Waals surface area contributed by atoms with Crippen molar-refractivity contribution in [1.82, 2.24) is 0 Å². The lowest BCUT2D eigenvalue weighted by Gasteiger charge is -2.14. The number of aliphatic hydroxyl groups is 1. The normalized spacial score (nSPS) is 12.2. The van der Waals surface area contributed by atoms with E-state index in [-0.39, 0.29) is 6.61 Å². The molecule has 1 rings (SSSR count). The molecular formula is C14H16O. The molecule has 0 saturated carbocycles. The third kappa shape index (κ3) is 2.71. The van der Waals surface area contributed by atoms with Gasteiger partial charge in [-0.05, 0) is 17.1 Å². The average Bonchev–Trinajstić information content (AvgIpc) is 2.26. The van der Waals surface area contributed by atoms with Gasteiger partial charge in [0.15, 0.2) is 0 Å². The Bertz CT molecular complexity index is 380. The fraction of sp³-hybridized carbons (Fsp3) is 0.286. The van der Waals surface area contributed by atoms with E-state index in [2.05, 4.69) is 19.8 Å².